The van der Waals surface area contributed by atoms with Gasteiger partial charge >= 0.3 is 0 Å². The molecule has 0 aliphatic carbocycles. The van der Waals surface area contributed by atoms with E-state index in [-0.39, 0.29) is 42.8 Å². The maximum atomic E-state index is 13.0. The van der Waals surface area contributed by atoms with E-state index >= 15 is 0 Å². The number of benzene rings is 2. The number of halogens is 1. The quantitative estimate of drug-likeness (QED) is 0.530. The number of ether oxygens (including phenoxy) is 1. The number of sulfone groups is 1. The minimum absolute atomic E-state index is 0.0324. The van der Waals surface area contributed by atoms with Gasteiger partial charge in [0.2, 0.25) is 9.84 Å². The number of carbonyl (C=O) groups excluding carboxylic acids is 1. The van der Waals surface area contributed by atoms with Crippen LogP contribution in [-0.2, 0) is 9.84 Å². The average molecular weight is 394 g/mol. The molecule has 0 fully saturated rings. The van der Waals surface area contributed by atoms with Gasteiger partial charge in [0, 0.05) is 0 Å². The van der Waals surface area contributed by atoms with Crippen LogP contribution in [0.5, 0.6) is 5.75 Å². The number of Topliss-reactive ketones (excluding diaryl/α,β-unsaturated/α-hetero) is 1. The van der Waals surface area contributed by atoms with Crippen LogP contribution in [0.25, 0.3) is 11.0 Å². The van der Waals surface area contributed by atoms with Crippen molar-refractivity contribution in [1.82, 2.24) is 0 Å². The molecule has 8 heteroatoms. The molecule has 0 amide bonds. The summed E-state index contributed by atoms with van der Waals surface area (Å²) in [5.41, 5.74) is 6.50. The summed E-state index contributed by atoms with van der Waals surface area (Å²) in [6, 6.07) is 7.14. The van der Waals surface area contributed by atoms with Crippen molar-refractivity contribution in [1.29, 1.82) is 0 Å². The fourth-order valence-corrected chi connectivity index (χ4v) is 4.60. The zero-order valence-corrected chi connectivity index (χ0v) is 15.9. The summed E-state index contributed by atoms with van der Waals surface area (Å²) in [5, 5.41) is 0.284. The Bertz CT molecular complexity index is 1130. The Kier molecular flexibility index (Phi) is 4.46. The molecule has 26 heavy (non-hydrogen) atoms. The zero-order chi connectivity index (χ0) is 19.2. The van der Waals surface area contributed by atoms with Gasteiger partial charge in [-0.3, -0.25) is 4.79 Å². The molecule has 2 N–H and O–H groups in total. The molecule has 3 aromatic rings. The van der Waals surface area contributed by atoms with Gasteiger partial charge in [0.25, 0.3) is 0 Å². The monoisotopic (exact) mass is 393 g/mol. The molecule has 0 bridgehead atoms. The Hall–Kier alpha value is -2.51. The number of nitrogens with two attached hydrogens (primary N) is 1. The molecule has 0 atom stereocenters. The summed E-state index contributed by atoms with van der Waals surface area (Å²) in [6.07, 6.45) is 0. The fraction of sp³-hybridized carbons (Fsp3) is 0.167. The minimum Gasteiger partial charge on any atom is -0.497 e. The van der Waals surface area contributed by atoms with Crippen LogP contribution >= 0.6 is 11.6 Å². The van der Waals surface area contributed by atoms with Gasteiger partial charge in [0.15, 0.2) is 11.4 Å². The summed E-state index contributed by atoms with van der Waals surface area (Å²) < 4.78 is 36.7. The van der Waals surface area contributed by atoms with Gasteiger partial charge < -0.3 is 14.9 Å². The highest BCUT2D eigenvalue weighted by molar-refractivity contribution is 7.91. The molecule has 0 radical (unpaired) electrons. The Labute approximate surface area is 155 Å². The summed E-state index contributed by atoms with van der Waals surface area (Å²) in [7, 11) is -2.47. The summed E-state index contributed by atoms with van der Waals surface area (Å²) in [4.78, 5) is 11.8. The Morgan fingerprint density at radius 1 is 1.23 bits per heavy atom. The number of furan rings is 1. The number of carbonyl (C=O) groups is 1. The van der Waals surface area contributed by atoms with E-state index in [1.54, 1.807) is 6.92 Å². The number of anilines is 1. The van der Waals surface area contributed by atoms with E-state index in [9.17, 15) is 13.2 Å². The van der Waals surface area contributed by atoms with Gasteiger partial charge in [-0.2, -0.15) is 0 Å². The maximum absolute atomic E-state index is 13.0. The number of rotatable bonds is 4. The van der Waals surface area contributed by atoms with E-state index in [0.29, 0.717) is 11.5 Å². The van der Waals surface area contributed by atoms with E-state index in [1.807, 2.05) is 0 Å². The molecule has 6 nitrogen and oxygen atoms in total. The summed E-state index contributed by atoms with van der Waals surface area (Å²) in [5.74, 6) is 0.567. The average Bonchev–Trinajstić information content (AvgIpc) is 2.96. The van der Waals surface area contributed by atoms with Gasteiger partial charge in [-0.25, -0.2) is 8.42 Å². The number of aryl methyl sites for hydroxylation is 1. The molecule has 0 spiro atoms. The zero-order valence-electron chi connectivity index (χ0n) is 14.3. The number of ketones is 1. The van der Waals surface area contributed by atoms with E-state index in [1.165, 1.54) is 44.4 Å². The molecule has 1 heterocycles. The molecule has 0 aliphatic heterocycles. The van der Waals surface area contributed by atoms with Crippen LogP contribution in [0, 0.1) is 6.92 Å². The van der Waals surface area contributed by atoms with E-state index in [2.05, 4.69) is 0 Å². The van der Waals surface area contributed by atoms with Gasteiger partial charge in [-0.1, -0.05) is 11.6 Å². The number of hydrogen-bond donors (Lipinski definition) is 1. The van der Waals surface area contributed by atoms with Crippen molar-refractivity contribution in [2.45, 2.75) is 23.6 Å². The van der Waals surface area contributed by atoms with Crippen LogP contribution in [0.4, 0.5) is 5.69 Å². The molecule has 3 rings (SSSR count). The molecular formula is C18H16ClNO5S. The molecule has 0 unspecified atom stereocenters. The number of fused-ring (bicyclic) bond motifs is 1. The van der Waals surface area contributed by atoms with Crippen LogP contribution in [0.15, 0.2) is 44.5 Å². The third-order valence-electron chi connectivity index (χ3n) is 4.11. The summed E-state index contributed by atoms with van der Waals surface area (Å²) >= 11 is 6.22. The molecule has 2 aromatic carbocycles. The molecule has 1 aromatic heterocycles. The second kappa shape index (κ2) is 6.34. The molecular weight excluding hydrogens is 378 g/mol. The first-order chi connectivity index (χ1) is 12.2. The van der Waals surface area contributed by atoms with Crippen molar-refractivity contribution in [2.24, 2.45) is 0 Å². The van der Waals surface area contributed by atoms with Crippen molar-refractivity contribution in [3.8, 4) is 5.75 Å². The SMILES string of the molecule is COc1ccc(S(=O)(=O)c2cc(Cl)c3oc(C)c(C(C)=O)c3c2N)cc1. The van der Waals surface area contributed by atoms with Crippen LogP contribution in [0.1, 0.15) is 23.0 Å². The predicted octanol–water partition coefficient (Wildman–Crippen LogP) is 4.02. The largest absolute Gasteiger partial charge is 0.497 e. The van der Waals surface area contributed by atoms with Gasteiger partial charge in [-0.15, -0.1) is 0 Å². The lowest BCUT2D eigenvalue weighted by atomic mass is 10.1. The highest BCUT2D eigenvalue weighted by Gasteiger charge is 2.28. The third kappa shape index (κ3) is 2.73. The predicted molar refractivity (Wildman–Crippen MR) is 98.8 cm³/mol. The first kappa shape index (κ1) is 18.3. The lowest BCUT2D eigenvalue weighted by Gasteiger charge is -2.10. The Balaban J connectivity index is 2.32. The first-order valence-corrected chi connectivity index (χ1v) is 9.45. The van der Waals surface area contributed by atoms with Crippen molar-refractivity contribution in [2.75, 3.05) is 12.8 Å². The molecule has 0 saturated carbocycles. The van der Waals surface area contributed by atoms with Crippen molar-refractivity contribution < 1.29 is 22.4 Å². The number of hydrogen-bond acceptors (Lipinski definition) is 6. The van der Waals surface area contributed by atoms with Crippen LogP contribution in [0.3, 0.4) is 0 Å². The first-order valence-electron chi connectivity index (χ1n) is 7.59. The highest BCUT2D eigenvalue weighted by atomic mass is 35.5. The highest BCUT2D eigenvalue weighted by Crippen LogP contribution is 2.41. The third-order valence-corrected chi connectivity index (χ3v) is 6.20. The van der Waals surface area contributed by atoms with Crippen LogP contribution in [-0.4, -0.2) is 21.3 Å². The summed E-state index contributed by atoms with van der Waals surface area (Å²) in [6.45, 7) is 2.96. The smallest absolute Gasteiger partial charge is 0.208 e. The van der Waals surface area contributed by atoms with Gasteiger partial charge in [0.05, 0.1) is 38.6 Å². The minimum atomic E-state index is -3.96. The molecule has 136 valence electrons. The van der Waals surface area contributed by atoms with Crippen molar-refractivity contribution in [3.05, 3.63) is 46.7 Å². The lowest BCUT2D eigenvalue weighted by Crippen LogP contribution is -2.07. The van der Waals surface area contributed by atoms with Crippen LogP contribution in [0.2, 0.25) is 5.02 Å². The number of nitrogen functional groups attached to an aromatic ring is 1. The van der Waals surface area contributed by atoms with Gasteiger partial charge in [0.1, 0.15) is 11.5 Å². The molecule has 0 saturated heterocycles. The number of methoxy groups -OCH3 is 1. The van der Waals surface area contributed by atoms with Crippen molar-refractivity contribution >= 4 is 43.9 Å². The van der Waals surface area contributed by atoms with E-state index < -0.39 is 9.84 Å². The fourth-order valence-electron chi connectivity index (χ4n) is 2.88. The molecule has 0 aliphatic rings. The Morgan fingerprint density at radius 2 is 1.85 bits per heavy atom. The second-order valence-corrected chi connectivity index (χ2v) is 8.07. The van der Waals surface area contributed by atoms with Crippen LogP contribution < -0.4 is 10.5 Å². The maximum Gasteiger partial charge on any atom is 0.208 e. The van der Waals surface area contributed by atoms with E-state index in [4.69, 9.17) is 26.5 Å². The normalized spacial score (nSPS) is 11.7. The second-order valence-electron chi connectivity index (χ2n) is 5.74. The lowest BCUT2D eigenvalue weighted by molar-refractivity contribution is 0.101. The Morgan fingerprint density at radius 3 is 2.38 bits per heavy atom. The van der Waals surface area contributed by atoms with Crippen molar-refractivity contribution in [3.63, 3.8) is 0 Å². The standard InChI is InChI=1S/C18H16ClNO5S/c1-9(21)15-10(2)25-18-13(19)8-14(17(20)16(15)18)26(22,23)12-6-4-11(24-3)5-7-12/h4-8H,20H2,1-3H3. The topological polar surface area (TPSA) is 99.6 Å². The van der Waals surface area contributed by atoms with E-state index in [0.717, 1.165) is 0 Å². The van der Waals surface area contributed by atoms with Gasteiger partial charge in [-0.05, 0) is 44.2 Å².